The molecule has 0 saturated heterocycles. The van der Waals surface area contributed by atoms with Crippen molar-refractivity contribution >= 4 is 0 Å². The van der Waals surface area contributed by atoms with E-state index in [1.165, 1.54) is 12.8 Å². The van der Waals surface area contributed by atoms with Crippen molar-refractivity contribution in [3.63, 3.8) is 0 Å². The van der Waals surface area contributed by atoms with Crippen LogP contribution in [0.15, 0.2) is 12.7 Å². The Morgan fingerprint density at radius 3 is 2.31 bits per heavy atom. The highest BCUT2D eigenvalue weighted by molar-refractivity contribution is 4.69. The van der Waals surface area contributed by atoms with Crippen LogP contribution in [0.5, 0.6) is 0 Å². The quantitative estimate of drug-likeness (QED) is 0.422. The summed E-state index contributed by atoms with van der Waals surface area (Å²) in [5, 5.41) is 6.71. The summed E-state index contributed by atoms with van der Waals surface area (Å²) in [6, 6.07) is 0. The van der Waals surface area contributed by atoms with Crippen LogP contribution in [0.25, 0.3) is 0 Å². The van der Waals surface area contributed by atoms with Crippen molar-refractivity contribution in [1.29, 1.82) is 0 Å². The van der Waals surface area contributed by atoms with Crippen LogP contribution in [0.1, 0.15) is 26.7 Å². The van der Waals surface area contributed by atoms with Gasteiger partial charge >= 0.3 is 0 Å². The molecule has 0 aromatic rings. The first-order valence-corrected chi connectivity index (χ1v) is 5.37. The van der Waals surface area contributed by atoms with Crippen LogP contribution < -0.4 is 10.6 Å². The molecule has 0 heterocycles. The molecule has 0 spiro atoms. The maximum Gasteiger partial charge on any atom is 0.0132 e. The van der Waals surface area contributed by atoms with E-state index >= 15 is 0 Å². The highest BCUT2D eigenvalue weighted by atomic mass is 14.9. The average Bonchev–Trinajstić information content (AvgIpc) is 2.17. The number of hydrogen-bond acceptors (Lipinski definition) is 2. The summed E-state index contributed by atoms with van der Waals surface area (Å²) in [5.74, 6) is 0.847. The SMILES string of the molecule is C=CCNCCNCC(CC)CC. The van der Waals surface area contributed by atoms with Crippen LogP contribution in [0, 0.1) is 5.92 Å². The molecule has 2 N–H and O–H groups in total. The van der Waals surface area contributed by atoms with E-state index in [1.807, 2.05) is 6.08 Å². The molecule has 0 aliphatic carbocycles. The van der Waals surface area contributed by atoms with Gasteiger partial charge in [-0.3, -0.25) is 0 Å². The normalized spacial score (nSPS) is 10.7. The van der Waals surface area contributed by atoms with Gasteiger partial charge in [0.05, 0.1) is 0 Å². The van der Waals surface area contributed by atoms with E-state index < -0.39 is 0 Å². The Labute approximate surface area is 82.8 Å². The minimum absolute atomic E-state index is 0.847. The van der Waals surface area contributed by atoms with Gasteiger partial charge in [-0.2, -0.15) is 0 Å². The van der Waals surface area contributed by atoms with Crippen molar-refractivity contribution in [2.45, 2.75) is 26.7 Å². The summed E-state index contributed by atoms with van der Waals surface area (Å²) in [4.78, 5) is 0. The Morgan fingerprint density at radius 1 is 1.15 bits per heavy atom. The van der Waals surface area contributed by atoms with E-state index in [4.69, 9.17) is 0 Å². The fourth-order valence-corrected chi connectivity index (χ4v) is 1.26. The second-order valence-corrected chi connectivity index (χ2v) is 3.38. The first-order valence-electron chi connectivity index (χ1n) is 5.37. The third kappa shape index (κ3) is 8.00. The van der Waals surface area contributed by atoms with E-state index in [9.17, 15) is 0 Å². The van der Waals surface area contributed by atoms with Crippen molar-refractivity contribution in [2.24, 2.45) is 5.92 Å². The van der Waals surface area contributed by atoms with E-state index in [-0.39, 0.29) is 0 Å². The van der Waals surface area contributed by atoms with Crippen molar-refractivity contribution in [1.82, 2.24) is 10.6 Å². The van der Waals surface area contributed by atoms with Gasteiger partial charge in [0.2, 0.25) is 0 Å². The lowest BCUT2D eigenvalue weighted by molar-refractivity contribution is 0.448. The maximum atomic E-state index is 3.65. The van der Waals surface area contributed by atoms with Crippen molar-refractivity contribution in [2.75, 3.05) is 26.2 Å². The molecule has 0 aliphatic heterocycles. The monoisotopic (exact) mass is 184 g/mol. The molecule has 0 aromatic heterocycles. The third-order valence-corrected chi connectivity index (χ3v) is 2.35. The highest BCUT2D eigenvalue weighted by Gasteiger charge is 2.00. The van der Waals surface area contributed by atoms with Crippen LogP contribution in [0.2, 0.25) is 0 Å². The summed E-state index contributed by atoms with van der Waals surface area (Å²) < 4.78 is 0. The van der Waals surface area contributed by atoms with Crippen LogP contribution in [-0.2, 0) is 0 Å². The molecular weight excluding hydrogens is 160 g/mol. The standard InChI is InChI=1S/C11H24N2/c1-4-7-12-8-9-13-10-11(5-2)6-3/h4,11-13H,1,5-10H2,2-3H3. The molecule has 0 unspecified atom stereocenters. The largest absolute Gasteiger partial charge is 0.315 e. The predicted molar refractivity (Wildman–Crippen MR) is 60.0 cm³/mol. The van der Waals surface area contributed by atoms with Crippen molar-refractivity contribution in [3.8, 4) is 0 Å². The number of hydrogen-bond donors (Lipinski definition) is 2. The molecule has 0 radical (unpaired) electrons. The number of rotatable bonds is 9. The van der Waals surface area contributed by atoms with Gasteiger partial charge in [-0.1, -0.05) is 32.8 Å². The van der Waals surface area contributed by atoms with Gasteiger partial charge < -0.3 is 10.6 Å². The second kappa shape index (κ2) is 9.75. The molecule has 0 aliphatic rings. The summed E-state index contributed by atoms with van der Waals surface area (Å²) in [7, 11) is 0. The third-order valence-electron chi connectivity index (χ3n) is 2.35. The fraction of sp³-hybridized carbons (Fsp3) is 0.818. The summed E-state index contributed by atoms with van der Waals surface area (Å²) in [6.45, 7) is 12.3. The van der Waals surface area contributed by atoms with Crippen LogP contribution in [-0.4, -0.2) is 26.2 Å². The molecule has 2 nitrogen and oxygen atoms in total. The molecule has 0 aromatic carbocycles. The molecule has 0 saturated carbocycles. The van der Waals surface area contributed by atoms with Crippen molar-refractivity contribution < 1.29 is 0 Å². The van der Waals surface area contributed by atoms with Crippen LogP contribution in [0.3, 0.4) is 0 Å². The maximum absolute atomic E-state index is 3.65. The summed E-state index contributed by atoms with van der Waals surface area (Å²) in [5.41, 5.74) is 0. The molecule has 0 bridgehead atoms. The zero-order valence-electron chi connectivity index (χ0n) is 9.10. The zero-order valence-corrected chi connectivity index (χ0v) is 9.10. The Hall–Kier alpha value is -0.340. The zero-order chi connectivity index (χ0) is 9.94. The lowest BCUT2D eigenvalue weighted by Crippen LogP contribution is -2.30. The minimum Gasteiger partial charge on any atom is -0.315 e. The van der Waals surface area contributed by atoms with Gasteiger partial charge in [-0.05, 0) is 12.5 Å². The Bertz CT molecular complexity index is 109. The molecule has 0 amide bonds. The van der Waals surface area contributed by atoms with E-state index in [2.05, 4.69) is 31.1 Å². The Kier molecular flexibility index (Phi) is 9.49. The first-order chi connectivity index (χ1) is 6.35. The van der Waals surface area contributed by atoms with Crippen molar-refractivity contribution in [3.05, 3.63) is 12.7 Å². The fourth-order valence-electron chi connectivity index (χ4n) is 1.26. The lowest BCUT2D eigenvalue weighted by Gasteiger charge is -2.13. The first kappa shape index (κ1) is 12.7. The van der Waals surface area contributed by atoms with Gasteiger partial charge in [0.25, 0.3) is 0 Å². The summed E-state index contributed by atoms with van der Waals surface area (Å²) >= 11 is 0. The lowest BCUT2D eigenvalue weighted by atomic mass is 10.0. The molecule has 0 atom stereocenters. The molecule has 0 fully saturated rings. The van der Waals surface area contributed by atoms with Gasteiger partial charge in [0, 0.05) is 19.6 Å². The van der Waals surface area contributed by atoms with E-state index in [0.717, 1.165) is 32.1 Å². The molecular formula is C11H24N2. The summed E-state index contributed by atoms with van der Waals surface area (Å²) in [6.07, 6.45) is 4.45. The minimum atomic E-state index is 0.847. The highest BCUT2D eigenvalue weighted by Crippen LogP contribution is 2.04. The topological polar surface area (TPSA) is 24.1 Å². The van der Waals surface area contributed by atoms with E-state index in [0.29, 0.717) is 0 Å². The van der Waals surface area contributed by atoms with Gasteiger partial charge in [-0.15, -0.1) is 6.58 Å². The average molecular weight is 184 g/mol. The number of nitrogens with one attached hydrogen (secondary N) is 2. The molecule has 13 heavy (non-hydrogen) atoms. The Balaban J connectivity index is 3.09. The second-order valence-electron chi connectivity index (χ2n) is 3.38. The molecule has 0 rings (SSSR count). The van der Waals surface area contributed by atoms with Crippen LogP contribution in [0.4, 0.5) is 0 Å². The Morgan fingerprint density at radius 2 is 1.77 bits per heavy atom. The smallest absolute Gasteiger partial charge is 0.0132 e. The van der Waals surface area contributed by atoms with Crippen LogP contribution >= 0.6 is 0 Å². The molecule has 78 valence electrons. The molecule has 2 heteroatoms. The van der Waals surface area contributed by atoms with E-state index in [1.54, 1.807) is 0 Å². The van der Waals surface area contributed by atoms with Gasteiger partial charge in [-0.25, -0.2) is 0 Å². The predicted octanol–water partition coefficient (Wildman–Crippen LogP) is 1.79. The van der Waals surface area contributed by atoms with Gasteiger partial charge in [0.1, 0.15) is 0 Å². The van der Waals surface area contributed by atoms with Gasteiger partial charge in [0.15, 0.2) is 0 Å².